The van der Waals surface area contributed by atoms with E-state index in [1.165, 1.54) is 5.57 Å². The van der Waals surface area contributed by atoms with E-state index in [-0.39, 0.29) is 5.91 Å². The van der Waals surface area contributed by atoms with Crippen LogP contribution in [0.25, 0.3) is 0 Å². The summed E-state index contributed by atoms with van der Waals surface area (Å²) < 4.78 is 10.6. The molecule has 3 rings (SSSR count). The summed E-state index contributed by atoms with van der Waals surface area (Å²) in [5, 5.41) is 8.62. The number of ether oxygens (including phenoxy) is 2. The molecule has 38 heavy (non-hydrogen) atoms. The number of amides is 2. The summed E-state index contributed by atoms with van der Waals surface area (Å²) in [5.41, 5.74) is 2.84. The molecule has 1 aliphatic rings. The van der Waals surface area contributed by atoms with E-state index in [9.17, 15) is 9.59 Å². The molecule has 1 unspecified atom stereocenters. The zero-order chi connectivity index (χ0) is 29.1. The number of methoxy groups -OCH3 is 1. The molecule has 0 saturated carbocycles. The molecule has 2 amide bonds. The molecule has 210 valence electrons. The van der Waals surface area contributed by atoms with E-state index in [1.807, 2.05) is 72.7 Å². The van der Waals surface area contributed by atoms with Gasteiger partial charge in [0.05, 0.1) is 12.9 Å². The van der Waals surface area contributed by atoms with E-state index in [0.717, 1.165) is 12.3 Å². The lowest BCUT2D eigenvalue weighted by Gasteiger charge is -2.15. The van der Waals surface area contributed by atoms with Crippen LogP contribution < -0.4 is 20.7 Å². The highest BCUT2D eigenvalue weighted by atomic mass is 16.5. The van der Waals surface area contributed by atoms with Crippen LogP contribution in [0.2, 0.25) is 0 Å². The number of benzene rings is 1. The molecule has 0 spiro atoms. The largest absolute Gasteiger partial charge is 0.502 e. The number of carbonyl (C=O) groups excluding carboxylic acids is 2. The average Bonchev–Trinajstić information content (AvgIpc) is 3.34. The van der Waals surface area contributed by atoms with Crippen molar-refractivity contribution in [2.45, 2.75) is 47.8 Å². The predicted molar refractivity (Wildman–Crippen MR) is 157 cm³/mol. The van der Waals surface area contributed by atoms with Crippen molar-refractivity contribution in [3.63, 3.8) is 0 Å². The van der Waals surface area contributed by atoms with E-state index in [0.29, 0.717) is 41.3 Å². The number of carbonyl (C=O) groups is 2. The van der Waals surface area contributed by atoms with E-state index in [1.54, 1.807) is 37.6 Å². The van der Waals surface area contributed by atoms with Crippen LogP contribution in [0.15, 0.2) is 60.5 Å². The number of fused-ring (bicyclic) bond motifs is 1. The molecule has 0 fully saturated rings. The van der Waals surface area contributed by atoms with Gasteiger partial charge in [0.2, 0.25) is 6.41 Å². The van der Waals surface area contributed by atoms with Crippen molar-refractivity contribution in [2.75, 3.05) is 44.9 Å². The van der Waals surface area contributed by atoms with Crippen molar-refractivity contribution in [1.82, 2.24) is 15.2 Å². The lowest BCUT2D eigenvalue weighted by molar-refractivity contribution is -0.105. The molecule has 1 aromatic carbocycles. The molecule has 1 aromatic heterocycles. The van der Waals surface area contributed by atoms with Crippen LogP contribution in [0.5, 0.6) is 5.75 Å². The Kier molecular flexibility index (Phi) is 17.3. The third-order valence-corrected chi connectivity index (χ3v) is 4.60. The van der Waals surface area contributed by atoms with Gasteiger partial charge in [-0.2, -0.15) is 0 Å². The summed E-state index contributed by atoms with van der Waals surface area (Å²) in [7, 11) is 5.54. The number of rotatable bonds is 8. The summed E-state index contributed by atoms with van der Waals surface area (Å²) in [4.78, 5) is 29.5. The molecule has 9 heteroatoms. The Hall–Kier alpha value is -3.85. The molecule has 0 saturated heterocycles. The van der Waals surface area contributed by atoms with E-state index >= 15 is 0 Å². The fourth-order valence-corrected chi connectivity index (χ4v) is 2.72. The summed E-state index contributed by atoms with van der Waals surface area (Å²) in [5.74, 6) is 2.04. The number of aromatic nitrogens is 1. The van der Waals surface area contributed by atoms with Crippen LogP contribution in [0.1, 0.15) is 63.7 Å². The van der Waals surface area contributed by atoms with Gasteiger partial charge in [0, 0.05) is 36.1 Å². The smallest absolute Gasteiger partial charge is 0.251 e. The van der Waals surface area contributed by atoms with E-state index in [2.05, 4.69) is 27.5 Å². The fraction of sp³-hybridized carbons (Fsp3) is 0.414. The third kappa shape index (κ3) is 13.5. The third-order valence-electron chi connectivity index (χ3n) is 4.60. The highest BCUT2D eigenvalue weighted by molar-refractivity contribution is 5.96. The highest BCUT2D eigenvalue weighted by Gasteiger charge is 2.25. The predicted octanol–water partition coefficient (Wildman–Crippen LogP) is 5.61. The molecular weight excluding hydrogens is 482 g/mol. The summed E-state index contributed by atoms with van der Waals surface area (Å²) in [6.07, 6.45) is 3.68. The second-order valence-electron chi connectivity index (χ2n) is 8.47. The Bertz CT molecular complexity index is 1010. The van der Waals surface area contributed by atoms with Crippen LogP contribution in [-0.4, -0.2) is 56.5 Å². The van der Waals surface area contributed by atoms with Crippen molar-refractivity contribution in [3.05, 3.63) is 71.6 Å². The first-order chi connectivity index (χ1) is 18.1. The monoisotopic (exact) mass is 527 g/mol. The molecule has 2 heterocycles. The van der Waals surface area contributed by atoms with Gasteiger partial charge >= 0.3 is 0 Å². The molecular formula is C29H45N5O4. The number of nitrogens with zero attached hydrogens (tertiary/aromatic N) is 2. The van der Waals surface area contributed by atoms with Crippen LogP contribution in [-0.2, 0) is 9.53 Å². The van der Waals surface area contributed by atoms with Crippen molar-refractivity contribution in [2.24, 2.45) is 0 Å². The van der Waals surface area contributed by atoms with Crippen molar-refractivity contribution in [3.8, 4) is 5.75 Å². The molecule has 0 radical (unpaired) electrons. The zero-order valence-electron chi connectivity index (χ0n) is 24.3. The number of anilines is 2. The Balaban J connectivity index is 0.000000964. The van der Waals surface area contributed by atoms with Gasteiger partial charge in [0.1, 0.15) is 0 Å². The van der Waals surface area contributed by atoms with Crippen LogP contribution in [0, 0.1) is 0 Å². The molecule has 1 atom stereocenters. The molecule has 3 N–H and O–H groups in total. The van der Waals surface area contributed by atoms with Gasteiger partial charge in [-0.3, -0.25) is 9.59 Å². The normalized spacial score (nSPS) is 12.9. The zero-order valence-corrected chi connectivity index (χ0v) is 24.3. The second kappa shape index (κ2) is 19.3. The maximum atomic E-state index is 12.4. The maximum absolute atomic E-state index is 12.4. The Labute approximate surface area is 228 Å². The SMILES string of the molecule is C/C=C(\C)OC.C=C(C)C.CC.CN(C)CCNC(=O)c1cc(NC=O)cc(C2Nc3ncccc3O2)c1. The minimum atomic E-state index is -0.485. The highest BCUT2D eigenvalue weighted by Crippen LogP contribution is 2.36. The Morgan fingerprint density at radius 2 is 1.89 bits per heavy atom. The minimum Gasteiger partial charge on any atom is -0.502 e. The van der Waals surface area contributed by atoms with Gasteiger partial charge in [-0.1, -0.05) is 25.5 Å². The van der Waals surface area contributed by atoms with E-state index < -0.39 is 6.23 Å². The van der Waals surface area contributed by atoms with Crippen molar-refractivity contribution in [1.29, 1.82) is 0 Å². The second-order valence-corrected chi connectivity index (χ2v) is 8.47. The van der Waals surface area contributed by atoms with Crippen molar-refractivity contribution >= 4 is 23.8 Å². The van der Waals surface area contributed by atoms with Crippen LogP contribution in [0.4, 0.5) is 11.5 Å². The summed E-state index contributed by atoms with van der Waals surface area (Å²) in [6, 6.07) is 8.73. The van der Waals surface area contributed by atoms with Crippen LogP contribution >= 0.6 is 0 Å². The van der Waals surface area contributed by atoms with Crippen molar-refractivity contribution < 1.29 is 19.1 Å². The number of allylic oxidation sites excluding steroid dienone is 3. The number of pyridine rings is 1. The molecule has 0 bridgehead atoms. The fourth-order valence-electron chi connectivity index (χ4n) is 2.72. The first-order valence-electron chi connectivity index (χ1n) is 12.6. The number of likely N-dealkylation sites (N-methyl/N-ethyl adjacent to an activating group) is 1. The summed E-state index contributed by atoms with van der Waals surface area (Å²) in [6.45, 7) is 16.6. The van der Waals surface area contributed by atoms with Crippen LogP contribution in [0.3, 0.4) is 0 Å². The summed E-state index contributed by atoms with van der Waals surface area (Å²) >= 11 is 0. The quantitative estimate of drug-likeness (QED) is 0.233. The first-order valence-corrected chi connectivity index (χ1v) is 12.6. The van der Waals surface area contributed by atoms with Gasteiger partial charge in [-0.15, -0.1) is 6.58 Å². The van der Waals surface area contributed by atoms with Gasteiger partial charge < -0.3 is 30.3 Å². The van der Waals surface area contributed by atoms with Gasteiger partial charge in [-0.05, 0) is 72.1 Å². The lowest BCUT2D eigenvalue weighted by atomic mass is 10.1. The number of hydrogen-bond donors (Lipinski definition) is 3. The Morgan fingerprint density at radius 1 is 1.24 bits per heavy atom. The standard InChI is InChI=1S/C18H21N5O3.C5H10O.C4H8.C2H6/c1-23(2)7-6-20-17(25)12-8-13(10-14(9-12)21-11-24)18-22-16-15(26-18)4-3-5-19-16;1-4-5(2)6-3;1-4(2)3;1-2/h3-5,8-11,18H,6-7H2,1-2H3,(H,19,22)(H,20,25)(H,21,24);4H,1-3H3;1H2,2-3H3;1-2H3/b;5-4+;;. The van der Waals surface area contributed by atoms with Gasteiger partial charge in [0.25, 0.3) is 5.91 Å². The minimum absolute atomic E-state index is 0.212. The lowest BCUT2D eigenvalue weighted by Crippen LogP contribution is -2.31. The average molecular weight is 528 g/mol. The molecule has 2 aromatic rings. The molecule has 9 nitrogen and oxygen atoms in total. The number of nitrogens with one attached hydrogen (secondary N) is 3. The molecule has 0 aliphatic carbocycles. The maximum Gasteiger partial charge on any atom is 0.251 e. The van der Waals surface area contributed by atoms with Gasteiger partial charge in [-0.25, -0.2) is 4.98 Å². The van der Waals surface area contributed by atoms with E-state index in [4.69, 9.17) is 9.47 Å². The Morgan fingerprint density at radius 3 is 2.39 bits per heavy atom. The first kappa shape index (κ1) is 34.1. The topological polar surface area (TPSA) is 105 Å². The molecule has 1 aliphatic heterocycles. The number of hydrogen-bond acceptors (Lipinski definition) is 7. The van der Waals surface area contributed by atoms with Gasteiger partial charge in [0.15, 0.2) is 17.8 Å².